The number of ether oxygens (including phenoxy) is 2. The summed E-state index contributed by atoms with van der Waals surface area (Å²) in [6.45, 7) is 4.61. The standard InChI is InChI=1S/C32H31ClN4O7S2/c1-32(2,3)44-23(38)15-42-36-24(22-17-45-18-34-22)28(39)35-25-29(40)37-26(21(14-33)16-46-30(25)37)31(41)43-27(19-10-6-4-7-11-19)20-12-8-5-9-13-20/h4-13,17-18,25,27,30H,14-16H2,1-3H3,(H,35,39)/t25?,30-/m0/s1. The fourth-order valence-electron chi connectivity index (χ4n) is 4.79. The second-order valence-corrected chi connectivity index (χ2v) is 13.3. The smallest absolute Gasteiger partial charge is 0.356 e. The number of nitrogens with zero attached hydrogens (tertiary/aromatic N) is 3. The molecule has 3 heterocycles. The number of benzene rings is 2. The minimum Gasteiger partial charge on any atom is -0.457 e. The Morgan fingerprint density at radius 1 is 1.09 bits per heavy atom. The number of β-lactam (4-membered cyclic amide) rings is 1. The number of amides is 2. The van der Waals surface area contributed by atoms with Crippen molar-refractivity contribution in [1.29, 1.82) is 0 Å². The van der Waals surface area contributed by atoms with E-state index in [1.165, 1.54) is 33.5 Å². The second kappa shape index (κ2) is 14.5. The lowest BCUT2D eigenvalue weighted by Crippen LogP contribution is -2.71. The Kier molecular flexibility index (Phi) is 10.4. The lowest BCUT2D eigenvalue weighted by molar-refractivity contribution is -0.160. The van der Waals surface area contributed by atoms with Crippen LogP contribution in [0.5, 0.6) is 0 Å². The number of esters is 2. The number of carbonyl (C=O) groups is 4. The molecular formula is C32H31ClN4O7S2. The average molecular weight is 683 g/mol. The number of nitrogens with one attached hydrogen (secondary N) is 1. The number of fused-ring (bicyclic) bond motifs is 1. The van der Waals surface area contributed by atoms with Crippen LogP contribution >= 0.6 is 34.7 Å². The van der Waals surface area contributed by atoms with Crippen LogP contribution in [0, 0.1) is 0 Å². The van der Waals surface area contributed by atoms with Gasteiger partial charge in [0.05, 0.1) is 5.51 Å². The first kappa shape index (κ1) is 33.2. The molecule has 1 saturated heterocycles. The molecule has 0 spiro atoms. The summed E-state index contributed by atoms with van der Waals surface area (Å²) < 4.78 is 11.3. The van der Waals surface area contributed by atoms with Gasteiger partial charge in [-0.2, -0.15) is 0 Å². The van der Waals surface area contributed by atoms with Gasteiger partial charge in [-0.05, 0) is 37.5 Å². The number of hydrogen-bond acceptors (Lipinski definition) is 11. The van der Waals surface area contributed by atoms with Crippen molar-refractivity contribution in [3.63, 3.8) is 0 Å². The average Bonchev–Trinajstić information content (AvgIpc) is 3.58. The highest BCUT2D eigenvalue weighted by molar-refractivity contribution is 8.00. The summed E-state index contributed by atoms with van der Waals surface area (Å²) in [4.78, 5) is 63.4. The number of halogens is 1. The normalized spacial score (nSPS) is 18.1. The Bertz CT molecular complexity index is 1600. The highest BCUT2D eigenvalue weighted by atomic mass is 35.5. The van der Waals surface area contributed by atoms with Gasteiger partial charge < -0.3 is 19.6 Å². The highest BCUT2D eigenvalue weighted by Gasteiger charge is 2.55. The van der Waals surface area contributed by atoms with Crippen molar-refractivity contribution in [2.45, 2.75) is 43.9 Å². The molecule has 5 rings (SSSR count). The van der Waals surface area contributed by atoms with Gasteiger partial charge in [-0.1, -0.05) is 65.8 Å². The summed E-state index contributed by atoms with van der Waals surface area (Å²) in [7, 11) is 0. The number of rotatable bonds is 11. The molecule has 1 N–H and O–H groups in total. The van der Waals surface area contributed by atoms with E-state index < -0.39 is 53.5 Å². The van der Waals surface area contributed by atoms with Crippen molar-refractivity contribution >= 4 is 64.2 Å². The molecule has 0 radical (unpaired) electrons. The van der Waals surface area contributed by atoms with Gasteiger partial charge >= 0.3 is 11.9 Å². The van der Waals surface area contributed by atoms with Crippen LogP contribution < -0.4 is 5.32 Å². The maximum Gasteiger partial charge on any atom is 0.356 e. The van der Waals surface area contributed by atoms with Crippen LogP contribution in [-0.2, 0) is 33.5 Å². The van der Waals surface area contributed by atoms with E-state index in [4.69, 9.17) is 25.9 Å². The third-order valence-electron chi connectivity index (χ3n) is 6.77. The van der Waals surface area contributed by atoms with E-state index in [0.717, 1.165) is 11.1 Å². The summed E-state index contributed by atoms with van der Waals surface area (Å²) in [6, 6.07) is 17.6. The molecule has 240 valence electrons. The van der Waals surface area contributed by atoms with Gasteiger partial charge in [0.25, 0.3) is 11.8 Å². The molecule has 1 unspecified atom stereocenters. The van der Waals surface area contributed by atoms with E-state index in [0.29, 0.717) is 11.3 Å². The summed E-state index contributed by atoms with van der Waals surface area (Å²) in [6.07, 6.45) is -0.726. The third-order valence-corrected chi connectivity index (χ3v) is 9.02. The number of thioether (sulfide) groups is 1. The molecule has 2 amide bonds. The molecule has 0 saturated carbocycles. The van der Waals surface area contributed by atoms with E-state index in [1.807, 2.05) is 60.7 Å². The van der Waals surface area contributed by atoms with E-state index >= 15 is 0 Å². The Morgan fingerprint density at radius 2 is 1.74 bits per heavy atom. The van der Waals surface area contributed by atoms with Gasteiger partial charge in [-0.3, -0.25) is 14.5 Å². The van der Waals surface area contributed by atoms with Crippen LogP contribution in [0.2, 0.25) is 0 Å². The number of oxime groups is 1. The number of hydrogen-bond donors (Lipinski definition) is 1. The summed E-state index contributed by atoms with van der Waals surface area (Å²) >= 11 is 8.84. The Labute approximate surface area is 278 Å². The van der Waals surface area contributed by atoms with Gasteiger partial charge in [0.2, 0.25) is 6.61 Å². The zero-order valence-electron chi connectivity index (χ0n) is 25.2. The predicted molar refractivity (Wildman–Crippen MR) is 174 cm³/mol. The molecule has 1 aromatic heterocycles. The molecule has 11 nitrogen and oxygen atoms in total. The molecule has 2 aromatic carbocycles. The first-order valence-electron chi connectivity index (χ1n) is 14.2. The SMILES string of the molecule is CC(C)(C)OC(=O)CON=C(C(=O)NC1C(=O)N2C(C(=O)OC(c3ccccc3)c3ccccc3)=C(CCl)CS[C@@H]12)c1cscn1. The lowest BCUT2D eigenvalue weighted by Gasteiger charge is -2.49. The van der Waals surface area contributed by atoms with E-state index in [-0.39, 0.29) is 23.0 Å². The molecule has 1 fully saturated rings. The quantitative estimate of drug-likeness (QED) is 0.102. The van der Waals surface area contributed by atoms with Gasteiger partial charge in [-0.15, -0.1) is 34.7 Å². The van der Waals surface area contributed by atoms with Crippen molar-refractivity contribution in [3.8, 4) is 0 Å². The van der Waals surface area contributed by atoms with Gasteiger partial charge in [0.1, 0.15) is 28.4 Å². The van der Waals surface area contributed by atoms with Crippen molar-refractivity contribution in [2.75, 3.05) is 18.2 Å². The molecule has 3 aromatic rings. The molecular weight excluding hydrogens is 652 g/mol. The van der Waals surface area contributed by atoms with E-state index in [9.17, 15) is 19.2 Å². The third kappa shape index (κ3) is 7.60. The molecule has 2 aliphatic rings. The fraction of sp³-hybridized carbons (Fsp3) is 0.312. The second-order valence-electron chi connectivity index (χ2n) is 11.2. The van der Waals surface area contributed by atoms with Crippen molar-refractivity contribution in [3.05, 3.63) is 99.6 Å². The zero-order valence-corrected chi connectivity index (χ0v) is 27.6. The number of aromatic nitrogens is 1. The summed E-state index contributed by atoms with van der Waals surface area (Å²) in [5.74, 6) is -2.25. The Balaban J connectivity index is 1.32. The molecule has 2 aliphatic heterocycles. The van der Waals surface area contributed by atoms with Crippen LogP contribution in [-0.4, -0.2) is 74.6 Å². The maximum absolute atomic E-state index is 13.8. The molecule has 14 heteroatoms. The minimum atomic E-state index is -0.981. The highest BCUT2D eigenvalue weighted by Crippen LogP contribution is 2.42. The van der Waals surface area contributed by atoms with Crippen LogP contribution in [0.25, 0.3) is 0 Å². The Morgan fingerprint density at radius 3 is 2.30 bits per heavy atom. The number of carbonyl (C=O) groups excluding carboxylic acids is 4. The monoisotopic (exact) mass is 682 g/mol. The van der Waals surface area contributed by atoms with Crippen LogP contribution in [0.3, 0.4) is 0 Å². The van der Waals surface area contributed by atoms with Crippen LogP contribution in [0.1, 0.15) is 43.7 Å². The van der Waals surface area contributed by atoms with Gasteiger partial charge in [0.15, 0.2) is 11.8 Å². The molecule has 0 bridgehead atoms. The zero-order chi connectivity index (χ0) is 32.8. The fourth-order valence-corrected chi connectivity index (χ4v) is 7.00. The van der Waals surface area contributed by atoms with Crippen molar-refractivity contribution in [2.24, 2.45) is 5.16 Å². The predicted octanol–water partition coefficient (Wildman–Crippen LogP) is 4.43. The van der Waals surface area contributed by atoms with E-state index in [2.05, 4.69) is 15.5 Å². The summed E-state index contributed by atoms with van der Waals surface area (Å²) in [5, 5.41) is 7.53. The van der Waals surface area contributed by atoms with Crippen molar-refractivity contribution in [1.82, 2.24) is 15.2 Å². The summed E-state index contributed by atoms with van der Waals surface area (Å²) in [5.41, 5.74) is 2.91. The first-order chi connectivity index (χ1) is 22.1. The Hall–Kier alpha value is -4.20. The maximum atomic E-state index is 13.8. The van der Waals surface area contributed by atoms with Crippen LogP contribution in [0.15, 0.2) is 88.0 Å². The topological polar surface area (TPSA) is 136 Å². The van der Waals surface area contributed by atoms with Crippen LogP contribution in [0.4, 0.5) is 0 Å². The number of thiazole rings is 1. The lowest BCUT2D eigenvalue weighted by atomic mass is 10.0. The molecule has 46 heavy (non-hydrogen) atoms. The molecule has 0 aliphatic carbocycles. The largest absolute Gasteiger partial charge is 0.457 e. The molecule has 2 atom stereocenters. The first-order valence-corrected chi connectivity index (χ1v) is 16.7. The minimum absolute atomic E-state index is 0.0158. The van der Waals surface area contributed by atoms with Crippen molar-refractivity contribution < 1.29 is 33.5 Å². The van der Waals surface area contributed by atoms with E-state index in [1.54, 1.807) is 26.2 Å². The number of alkyl halides is 1. The van der Waals surface area contributed by atoms with Gasteiger partial charge in [0, 0.05) is 17.0 Å². The van der Waals surface area contributed by atoms with Gasteiger partial charge in [-0.25, -0.2) is 14.6 Å².